The Labute approximate surface area is 209 Å². The number of carbonyl (C=O) groups excluding carboxylic acids is 1. The van der Waals surface area contributed by atoms with Crippen molar-refractivity contribution in [1.82, 2.24) is 20.1 Å². The number of nitrogens with one attached hydrogen (secondary N) is 1. The van der Waals surface area contributed by atoms with Gasteiger partial charge in [0.05, 0.1) is 23.9 Å². The number of aryl methyl sites for hydroxylation is 1. The Hall–Kier alpha value is -4.65. The van der Waals surface area contributed by atoms with Crippen molar-refractivity contribution >= 4 is 16.9 Å². The van der Waals surface area contributed by atoms with E-state index in [9.17, 15) is 4.79 Å². The van der Waals surface area contributed by atoms with Gasteiger partial charge >= 0.3 is 0 Å². The van der Waals surface area contributed by atoms with E-state index in [1.165, 1.54) is 0 Å². The third kappa shape index (κ3) is 4.90. The van der Waals surface area contributed by atoms with Crippen molar-refractivity contribution in [1.29, 1.82) is 0 Å². The molecule has 0 saturated heterocycles. The number of amides is 1. The van der Waals surface area contributed by atoms with Gasteiger partial charge < -0.3 is 14.8 Å². The fraction of sp³-hybridized carbons (Fsp3) is 0.138. The quantitative estimate of drug-likeness (QED) is 0.336. The summed E-state index contributed by atoms with van der Waals surface area (Å²) >= 11 is 0. The van der Waals surface area contributed by atoms with Gasteiger partial charge in [-0.05, 0) is 47.9 Å². The first-order valence-electron chi connectivity index (χ1n) is 11.7. The minimum absolute atomic E-state index is 0.151. The average Bonchev–Trinajstić information content (AvgIpc) is 3.27. The highest BCUT2D eigenvalue weighted by molar-refractivity contribution is 5.96. The minimum atomic E-state index is -0.235. The number of benzene rings is 3. The van der Waals surface area contributed by atoms with Crippen LogP contribution in [0, 0.1) is 6.92 Å². The number of rotatable bonds is 8. The van der Waals surface area contributed by atoms with Crippen molar-refractivity contribution in [3.05, 3.63) is 102 Å². The predicted octanol–water partition coefficient (Wildman–Crippen LogP) is 5.10. The number of nitrogens with zero attached hydrogens (tertiary/aromatic N) is 3. The van der Waals surface area contributed by atoms with Gasteiger partial charge in [0.15, 0.2) is 12.3 Å². The molecule has 5 aromatic rings. The van der Waals surface area contributed by atoms with E-state index < -0.39 is 0 Å². The first-order chi connectivity index (χ1) is 17.6. The number of methoxy groups -OCH3 is 1. The number of pyridine rings is 1. The lowest BCUT2D eigenvalue weighted by Crippen LogP contribution is -2.28. The van der Waals surface area contributed by atoms with E-state index in [-0.39, 0.29) is 12.5 Å². The third-order valence-electron chi connectivity index (χ3n) is 5.87. The Balaban J connectivity index is 1.42. The molecular weight excluding hydrogens is 452 g/mol. The molecule has 1 amide bonds. The number of ether oxygens (including phenoxy) is 2. The smallest absolute Gasteiger partial charge is 0.258 e. The largest absolute Gasteiger partial charge is 0.497 e. The number of aromatic nitrogens is 3. The summed E-state index contributed by atoms with van der Waals surface area (Å²) < 4.78 is 12.9. The molecule has 0 fully saturated rings. The van der Waals surface area contributed by atoms with Gasteiger partial charge in [-0.1, -0.05) is 60.7 Å². The highest BCUT2D eigenvalue weighted by Gasteiger charge is 2.18. The zero-order valence-corrected chi connectivity index (χ0v) is 20.1. The lowest BCUT2D eigenvalue weighted by molar-refractivity contribution is -0.123. The van der Waals surface area contributed by atoms with E-state index in [1.54, 1.807) is 7.11 Å². The van der Waals surface area contributed by atoms with Crippen LogP contribution in [0.2, 0.25) is 0 Å². The number of para-hydroxylation sites is 1. The molecule has 36 heavy (non-hydrogen) atoms. The zero-order valence-electron chi connectivity index (χ0n) is 20.1. The Morgan fingerprint density at radius 3 is 2.33 bits per heavy atom. The topological polar surface area (TPSA) is 78.3 Å². The van der Waals surface area contributed by atoms with Crippen LogP contribution >= 0.6 is 0 Å². The van der Waals surface area contributed by atoms with E-state index >= 15 is 0 Å². The number of carbonyl (C=O) groups is 1. The van der Waals surface area contributed by atoms with E-state index in [1.807, 2.05) is 103 Å². The van der Waals surface area contributed by atoms with Gasteiger partial charge in [-0.15, -0.1) is 0 Å². The molecule has 0 aliphatic rings. The molecule has 7 nitrogen and oxygen atoms in total. The van der Waals surface area contributed by atoms with Crippen LogP contribution in [-0.4, -0.2) is 34.4 Å². The van der Waals surface area contributed by atoms with Gasteiger partial charge in [-0.3, -0.25) is 4.79 Å². The molecule has 0 radical (unpaired) electrons. The number of hydrogen-bond acceptors (Lipinski definition) is 5. The van der Waals surface area contributed by atoms with Crippen LogP contribution in [0.4, 0.5) is 0 Å². The molecule has 1 N–H and O–H groups in total. The molecule has 7 heteroatoms. The molecular formula is C29H26N4O3. The van der Waals surface area contributed by atoms with Gasteiger partial charge in [0.25, 0.3) is 5.91 Å². The number of hydrogen-bond donors (Lipinski definition) is 1. The maximum absolute atomic E-state index is 12.5. The molecule has 0 aliphatic heterocycles. The minimum Gasteiger partial charge on any atom is -0.497 e. The Morgan fingerprint density at radius 1 is 0.944 bits per heavy atom. The standard InChI is InChI=1S/C29H26N4O3/c1-20-28-25(22-9-5-3-6-10-22)17-27(31-29(28)33(32-20)23-11-7-4-8-12-23)36-19-26(34)30-18-21-13-15-24(35-2)16-14-21/h3-17H,18-19H2,1-2H3,(H,30,34). The Kier molecular flexibility index (Phi) is 6.62. The maximum atomic E-state index is 12.5. The highest BCUT2D eigenvalue weighted by atomic mass is 16.5. The maximum Gasteiger partial charge on any atom is 0.258 e. The summed E-state index contributed by atoms with van der Waals surface area (Å²) in [5.41, 5.74) is 5.38. The van der Waals surface area contributed by atoms with Crippen molar-refractivity contribution in [2.75, 3.05) is 13.7 Å². The molecule has 0 unspecified atom stereocenters. The molecule has 0 bridgehead atoms. The molecule has 180 valence electrons. The molecule has 2 aromatic heterocycles. The van der Waals surface area contributed by atoms with E-state index in [0.717, 1.165) is 39.2 Å². The molecule has 5 rings (SSSR count). The normalized spacial score (nSPS) is 10.8. The van der Waals surface area contributed by atoms with Gasteiger partial charge in [-0.2, -0.15) is 10.1 Å². The van der Waals surface area contributed by atoms with E-state index in [0.29, 0.717) is 18.1 Å². The summed E-state index contributed by atoms with van der Waals surface area (Å²) in [7, 11) is 1.62. The highest BCUT2D eigenvalue weighted by Crippen LogP contribution is 2.34. The van der Waals surface area contributed by atoms with Crippen LogP contribution < -0.4 is 14.8 Å². The van der Waals surface area contributed by atoms with Crippen LogP contribution in [0.3, 0.4) is 0 Å². The van der Waals surface area contributed by atoms with Crippen LogP contribution in [0.1, 0.15) is 11.3 Å². The second-order valence-electron chi connectivity index (χ2n) is 8.32. The van der Waals surface area contributed by atoms with Crippen LogP contribution in [-0.2, 0) is 11.3 Å². The number of fused-ring (bicyclic) bond motifs is 1. The lowest BCUT2D eigenvalue weighted by atomic mass is 10.0. The molecule has 2 heterocycles. The summed E-state index contributed by atoms with van der Waals surface area (Å²) in [5.74, 6) is 0.897. The predicted molar refractivity (Wildman–Crippen MR) is 139 cm³/mol. The fourth-order valence-corrected chi connectivity index (χ4v) is 4.07. The van der Waals surface area contributed by atoms with Crippen molar-refractivity contribution < 1.29 is 14.3 Å². The summed E-state index contributed by atoms with van der Waals surface area (Å²) in [6.07, 6.45) is 0. The zero-order chi connectivity index (χ0) is 24.9. The third-order valence-corrected chi connectivity index (χ3v) is 5.87. The average molecular weight is 479 g/mol. The summed E-state index contributed by atoms with van der Waals surface area (Å²) in [4.78, 5) is 17.3. The monoisotopic (exact) mass is 478 g/mol. The lowest BCUT2D eigenvalue weighted by Gasteiger charge is -2.11. The SMILES string of the molecule is COc1ccc(CNC(=O)COc2cc(-c3ccccc3)c3c(C)nn(-c4ccccc4)c3n2)cc1. The van der Waals surface area contributed by atoms with E-state index in [4.69, 9.17) is 19.6 Å². The molecule has 3 aromatic carbocycles. The second-order valence-corrected chi connectivity index (χ2v) is 8.32. The van der Waals surface area contributed by atoms with Crippen LogP contribution in [0.5, 0.6) is 11.6 Å². The first kappa shape index (κ1) is 23.1. The van der Waals surface area contributed by atoms with Crippen LogP contribution in [0.25, 0.3) is 27.8 Å². The summed E-state index contributed by atoms with van der Waals surface area (Å²) in [6, 6.07) is 29.3. The fourth-order valence-electron chi connectivity index (χ4n) is 4.07. The van der Waals surface area contributed by atoms with Gasteiger partial charge in [0, 0.05) is 12.6 Å². The summed E-state index contributed by atoms with van der Waals surface area (Å²) in [6.45, 7) is 2.22. The second kappa shape index (κ2) is 10.3. The molecule has 0 saturated carbocycles. The van der Waals surface area contributed by atoms with E-state index in [2.05, 4.69) is 5.32 Å². The van der Waals surface area contributed by atoms with Gasteiger partial charge in [-0.25, -0.2) is 4.68 Å². The first-order valence-corrected chi connectivity index (χ1v) is 11.7. The molecule has 0 spiro atoms. The van der Waals surface area contributed by atoms with Crippen molar-refractivity contribution in [2.45, 2.75) is 13.5 Å². The van der Waals surface area contributed by atoms with Crippen LogP contribution in [0.15, 0.2) is 91.0 Å². The molecule has 0 atom stereocenters. The molecule has 0 aliphatic carbocycles. The van der Waals surface area contributed by atoms with Crippen molar-refractivity contribution in [2.24, 2.45) is 0 Å². The van der Waals surface area contributed by atoms with Gasteiger partial charge in [0.1, 0.15) is 5.75 Å². The van der Waals surface area contributed by atoms with Crippen molar-refractivity contribution in [3.8, 4) is 28.4 Å². The summed E-state index contributed by atoms with van der Waals surface area (Å²) in [5, 5.41) is 8.60. The Morgan fingerprint density at radius 2 is 1.64 bits per heavy atom. The Bertz CT molecular complexity index is 1480. The van der Waals surface area contributed by atoms with Gasteiger partial charge in [0.2, 0.25) is 5.88 Å². The van der Waals surface area contributed by atoms with Crippen molar-refractivity contribution in [3.63, 3.8) is 0 Å².